The molecule has 1 fully saturated rings. The number of aliphatic hydroxyl groups is 1. The van der Waals surface area contributed by atoms with Crippen molar-refractivity contribution >= 4 is 0 Å². The Morgan fingerprint density at radius 2 is 2.21 bits per heavy atom. The summed E-state index contributed by atoms with van der Waals surface area (Å²) in [6, 6.07) is -0.272. The standard InChI is InChI=1S/C11H21NO2/c1-9(12-14)8-11(2,13)7-3-4-10-5-6-10/h9-10,13H,3-8H2,1-2H3. The monoisotopic (exact) mass is 199 g/mol. The molecule has 1 aliphatic carbocycles. The molecule has 0 aromatic carbocycles. The lowest BCUT2D eigenvalue weighted by molar-refractivity contribution is 0.0342. The molecule has 0 aromatic rings. The van der Waals surface area contributed by atoms with Crippen LogP contribution in [0.1, 0.15) is 52.4 Å². The highest BCUT2D eigenvalue weighted by Crippen LogP contribution is 2.35. The first-order chi connectivity index (χ1) is 6.53. The smallest absolute Gasteiger partial charge is 0.0918 e. The first-order valence-corrected chi connectivity index (χ1v) is 5.58. The molecule has 1 rings (SSSR count). The van der Waals surface area contributed by atoms with Crippen molar-refractivity contribution in [2.24, 2.45) is 11.1 Å². The van der Waals surface area contributed by atoms with Crippen molar-refractivity contribution in [1.82, 2.24) is 0 Å². The molecule has 3 nitrogen and oxygen atoms in total. The van der Waals surface area contributed by atoms with Gasteiger partial charge in [-0.15, -0.1) is 0 Å². The van der Waals surface area contributed by atoms with Crippen LogP contribution in [-0.2, 0) is 0 Å². The minimum Gasteiger partial charge on any atom is -0.390 e. The van der Waals surface area contributed by atoms with E-state index in [9.17, 15) is 10.0 Å². The Bertz CT molecular complexity index is 188. The van der Waals surface area contributed by atoms with Crippen LogP contribution in [0.2, 0.25) is 0 Å². The van der Waals surface area contributed by atoms with Crippen LogP contribution in [0.15, 0.2) is 5.18 Å². The van der Waals surface area contributed by atoms with Gasteiger partial charge in [-0.3, -0.25) is 0 Å². The van der Waals surface area contributed by atoms with Gasteiger partial charge >= 0.3 is 0 Å². The molecular weight excluding hydrogens is 178 g/mol. The molecular formula is C11H21NO2. The summed E-state index contributed by atoms with van der Waals surface area (Å²) < 4.78 is 0. The van der Waals surface area contributed by atoms with Crippen molar-refractivity contribution in [1.29, 1.82) is 0 Å². The Hall–Kier alpha value is -0.440. The van der Waals surface area contributed by atoms with E-state index < -0.39 is 5.60 Å². The van der Waals surface area contributed by atoms with Crippen molar-refractivity contribution in [3.8, 4) is 0 Å². The van der Waals surface area contributed by atoms with Crippen molar-refractivity contribution in [2.45, 2.75) is 64.0 Å². The zero-order valence-corrected chi connectivity index (χ0v) is 9.20. The van der Waals surface area contributed by atoms with Gasteiger partial charge < -0.3 is 5.11 Å². The van der Waals surface area contributed by atoms with Crippen molar-refractivity contribution < 1.29 is 5.11 Å². The average molecular weight is 199 g/mol. The van der Waals surface area contributed by atoms with Crippen LogP contribution in [0, 0.1) is 10.8 Å². The van der Waals surface area contributed by atoms with E-state index in [0.717, 1.165) is 18.8 Å². The van der Waals surface area contributed by atoms with Gasteiger partial charge in [-0.25, -0.2) is 0 Å². The lowest BCUT2D eigenvalue weighted by Gasteiger charge is -2.24. The first kappa shape index (κ1) is 11.6. The van der Waals surface area contributed by atoms with Crippen LogP contribution in [0.25, 0.3) is 0 Å². The molecule has 1 N–H and O–H groups in total. The molecule has 0 aromatic heterocycles. The summed E-state index contributed by atoms with van der Waals surface area (Å²) in [5.41, 5.74) is -0.706. The molecule has 0 aliphatic heterocycles. The summed E-state index contributed by atoms with van der Waals surface area (Å²) in [5, 5.41) is 12.9. The highest BCUT2D eigenvalue weighted by Gasteiger charge is 2.26. The quantitative estimate of drug-likeness (QED) is 0.641. The first-order valence-electron chi connectivity index (χ1n) is 5.58. The fraction of sp³-hybridized carbons (Fsp3) is 1.00. The van der Waals surface area contributed by atoms with Crippen LogP contribution in [-0.4, -0.2) is 16.7 Å². The van der Waals surface area contributed by atoms with Crippen molar-refractivity contribution in [2.75, 3.05) is 0 Å². The van der Waals surface area contributed by atoms with E-state index in [4.69, 9.17) is 0 Å². The van der Waals surface area contributed by atoms with E-state index >= 15 is 0 Å². The van der Waals surface area contributed by atoms with Crippen LogP contribution < -0.4 is 0 Å². The number of rotatable bonds is 7. The van der Waals surface area contributed by atoms with Crippen LogP contribution in [0.4, 0.5) is 0 Å². The van der Waals surface area contributed by atoms with Gasteiger partial charge in [0.2, 0.25) is 0 Å². The van der Waals surface area contributed by atoms with Crippen molar-refractivity contribution in [3.63, 3.8) is 0 Å². The SMILES string of the molecule is CC(CC(C)(O)CCCC1CC1)N=O. The van der Waals surface area contributed by atoms with Crippen molar-refractivity contribution in [3.05, 3.63) is 4.91 Å². The molecule has 0 amide bonds. The largest absolute Gasteiger partial charge is 0.390 e. The number of nitrogens with zero attached hydrogens (tertiary/aromatic N) is 1. The summed E-state index contributed by atoms with van der Waals surface area (Å²) in [6.45, 7) is 3.56. The molecule has 1 aliphatic rings. The molecule has 0 bridgehead atoms. The van der Waals surface area contributed by atoms with E-state index in [0.29, 0.717) is 6.42 Å². The van der Waals surface area contributed by atoms with Gasteiger partial charge in [-0.05, 0) is 26.2 Å². The Labute approximate surface area is 85.9 Å². The fourth-order valence-corrected chi connectivity index (χ4v) is 1.95. The minimum atomic E-state index is -0.706. The lowest BCUT2D eigenvalue weighted by Crippen LogP contribution is -2.28. The third kappa shape index (κ3) is 4.70. The van der Waals surface area contributed by atoms with Gasteiger partial charge in [-0.1, -0.05) is 30.9 Å². The van der Waals surface area contributed by atoms with Gasteiger partial charge in [0.1, 0.15) is 0 Å². The third-order valence-electron chi connectivity index (χ3n) is 2.94. The summed E-state index contributed by atoms with van der Waals surface area (Å²) in [4.78, 5) is 10.2. The van der Waals surface area contributed by atoms with E-state index in [2.05, 4.69) is 5.18 Å². The molecule has 0 saturated heterocycles. The lowest BCUT2D eigenvalue weighted by atomic mass is 9.91. The Balaban J connectivity index is 2.14. The Morgan fingerprint density at radius 1 is 1.57 bits per heavy atom. The second-order valence-corrected chi connectivity index (χ2v) is 4.99. The van der Waals surface area contributed by atoms with Crippen LogP contribution in [0.5, 0.6) is 0 Å². The molecule has 3 heteroatoms. The van der Waals surface area contributed by atoms with Gasteiger partial charge in [0.05, 0.1) is 11.6 Å². The third-order valence-corrected chi connectivity index (χ3v) is 2.94. The second kappa shape index (κ2) is 4.87. The zero-order valence-electron chi connectivity index (χ0n) is 9.20. The number of hydrogen-bond donors (Lipinski definition) is 1. The number of nitroso groups, excluding NO2 is 1. The predicted molar refractivity (Wildman–Crippen MR) is 57.1 cm³/mol. The highest BCUT2D eigenvalue weighted by atomic mass is 16.3. The number of hydrogen-bond acceptors (Lipinski definition) is 3. The molecule has 0 heterocycles. The average Bonchev–Trinajstić information content (AvgIpc) is 2.87. The zero-order chi connectivity index (χ0) is 10.6. The maximum absolute atomic E-state index is 10.2. The van der Waals surface area contributed by atoms with Gasteiger partial charge in [0, 0.05) is 6.42 Å². The summed E-state index contributed by atoms with van der Waals surface area (Å²) >= 11 is 0. The summed E-state index contributed by atoms with van der Waals surface area (Å²) in [7, 11) is 0. The van der Waals surface area contributed by atoms with E-state index in [1.165, 1.54) is 19.3 Å². The Morgan fingerprint density at radius 3 is 2.71 bits per heavy atom. The molecule has 1 saturated carbocycles. The van der Waals surface area contributed by atoms with Gasteiger partial charge in [-0.2, -0.15) is 4.91 Å². The summed E-state index contributed by atoms with van der Waals surface area (Å²) in [5.74, 6) is 0.924. The van der Waals surface area contributed by atoms with E-state index in [1.54, 1.807) is 6.92 Å². The van der Waals surface area contributed by atoms with Crippen LogP contribution in [0.3, 0.4) is 0 Å². The minimum absolute atomic E-state index is 0.272. The molecule has 2 atom stereocenters. The molecule has 0 radical (unpaired) electrons. The topological polar surface area (TPSA) is 49.7 Å². The van der Waals surface area contributed by atoms with E-state index in [1.807, 2.05) is 6.92 Å². The maximum Gasteiger partial charge on any atom is 0.0918 e. The molecule has 82 valence electrons. The molecule has 2 unspecified atom stereocenters. The Kier molecular flexibility index (Phi) is 4.05. The van der Waals surface area contributed by atoms with E-state index in [-0.39, 0.29) is 6.04 Å². The fourth-order valence-electron chi connectivity index (χ4n) is 1.95. The van der Waals surface area contributed by atoms with Gasteiger partial charge in [0.25, 0.3) is 0 Å². The second-order valence-electron chi connectivity index (χ2n) is 4.99. The van der Waals surface area contributed by atoms with Gasteiger partial charge in [0.15, 0.2) is 0 Å². The molecule has 0 spiro atoms. The highest BCUT2D eigenvalue weighted by molar-refractivity contribution is 4.80. The summed E-state index contributed by atoms with van der Waals surface area (Å²) in [6.07, 6.45) is 6.33. The molecule has 14 heavy (non-hydrogen) atoms. The maximum atomic E-state index is 10.2. The van der Waals surface area contributed by atoms with Crippen LogP contribution >= 0.6 is 0 Å². The predicted octanol–water partition coefficient (Wildman–Crippen LogP) is 2.86. The normalized spacial score (nSPS) is 22.8.